The quantitative estimate of drug-likeness (QED) is 0.439. The molecule has 126 valence electrons. The van der Waals surface area contributed by atoms with Gasteiger partial charge in [-0.25, -0.2) is 9.69 Å². The van der Waals surface area contributed by atoms with Gasteiger partial charge in [0.15, 0.2) is 0 Å². The van der Waals surface area contributed by atoms with Gasteiger partial charge in [0.1, 0.15) is 0 Å². The van der Waals surface area contributed by atoms with E-state index in [1.807, 2.05) is 0 Å². The van der Waals surface area contributed by atoms with E-state index < -0.39 is 23.8 Å². The molecule has 0 saturated carbocycles. The molecule has 5 amide bonds. The largest absolute Gasteiger partial charge is 0.346 e. The summed E-state index contributed by atoms with van der Waals surface area (Å²) in [5.41, 5.74) is -0.133. The minimum atomic E-state index is -1.29. The lowest BCUT2D eigenvalue weighted by molar-refractivity contribution is -0.138. The van der Waals surface area contributed by atoms with Crippen molar-refractivity contribution >= 4 is 64.2 Å². The number of anilines is 1. The fraction of sp³-hybridized carbons (Fsp3) is 0. The topological polar surface area (TPSA) is 74.8 Å². The number of nitrogens with zero attached hydrogens (tertiary/aromatic N) is 2. The molecule has 1 heterocycles. The molecule has 9 heteroatoms. The summed E-state index contributed by atoms with van der Waals surface area (Å²) < 4.78 is 0. The van der Waals surface area contributed by atoms with Gasteiger partial charge < -0.3 is 0 Å². The molecule has 0 spiro atoms. The van der Waals surface area contributed by atoms with Gasteiger partial charge in [-0.1, -0.05) is 40.9 Å². The number of rotatable bonds is 2. The van der Waals surface area contributed by atoms with E-state index in [2.05, 4.69) is 0 Å². The highest BCUT2D eigenvalue weighted by atomic mass is 35.5. The predicted molar refractivity (Wildman–Crippen MR) is 92.0 cm³/mol. The van der Waals surface area contributed by atoms with Crippen LogP contribution in [0, 0.1) is 0 Å². The van der Waals surface area contributed by atoms with E-state index in [0.29, 0.717) is 9.92 Å². The van der Waals surface area contributed by atoms with Gasteiger partial charge >= 0.3 is 17.8 Å². The summed E-state index contributed by atoms with van der Waals surface area (Å²) >= 11 is 17.6. The molecule has 1 saturated heterocycles. The Hall–Kier alpha value is -2.41. The van der Waals surface area contributed by atoms with E-state index in [1.54, 1.807) is 0 Å². The Balaban J connectivity index is 2.02. The zero-order valence-electron chi connectivity index (χ0n) is 12.2. The van der Waals surface area contributed by atoms with Crippen LogP contribution in [0.5, 0.6) is 0 Å². The van der Waals surface area contributed by atoms with Crippen LogP contribution in [0.1, 0.15) is 10.4 Å². The monoisotopic (exact) mass is 396 g/mol. The molecule has 3 rings (SSSR count). The Labute approximate surface area is 156 Å². The van der Waals surface area contributed by atoms with Crippen molar-refractivity contribution in [3.63, 3.8) is 0 Å². The Morgan fingerprint density at radius 1 is 0.800 bits per heavy atom. The van der Waals surface area contributed by atoms with Crippen molar-refractivity contribution in [1.82, 2.24) is 4.90 Å². The number of halogens is 3. The summed E-state index contributed by atoms with van der Waals surface area (Å²) in [7, 11) is 0. The normalized spacial score (nSPS) is 14.4. The van der Waals surface area contributed by atoms with E-state index in [9.17, 15) is 19.2 Å². The maximum atomic E-state index is 12.6. The zero-order chi connectivity index (χ0) is 18.3. The summed E-state index contributed by atoms with van der Waals surface area (Å²) in [5, 5.41) is 0.288. The Kier molecular flexibility index (Phi) is 4.51. The van der Waals surface area contributed by atoms with Crippen LogP contribution in [0.25, 0.3) is 0 Å². The molecular weight excluding hydrogens is 391 g/mol. The summed E-state index contributed by atoms with van der Waals surface area (Å²) in [5.74, 6) is -3.53. The molecule has 25 heavy (non-hydrogen) atoms. The number of hydrogen-bond acceptors (Lipinski definition) is 4. The van der Waals surface area contributed by atoms with Crippen LogP contribution in [0.3, 0.4) is 0 Å². The highest BCUT2D eigenvalue weighted by Crippen LogP contribution is 2.29. The third-order valence-corrected chi connectivity index (χ3v) is 4.32. The van der Waals surface area contributed by atoms with Gasteiger partial charge in [-0.05, 0) is 36.4 Å². The van der Waals surface area contributed by atoms with Crippen molar-refractivity contribution in [2.45, 2.75) is 0 Å². The number of amides is 5. The molecule has 1 aliphatic heterocycles. The van der Waals surface area contributed by atoms with Gasteiger partial charge in [-0.15, -0.1) is 0 Å². The number of urea groups is 1. The fourth-order valence-electron chi connectivity index (χ4n) is 2.28. The van der Waals surface area contributed by atoms with Crippen molar-refractivity contribution in [1.29, 1.82) is 0 Å². The first kappa shape index (κ1) is 17.4. The second-order valence-electron chi connectivity index (χ2n) is 4.94. The highest BCUT2D eigenvalue weighted by molar-refractivity contribution is 6.57. The highest BCUT2D eigenvalue weighted by Gasteiger charge is 2.49. The molecular formula is C16H7Cl3N2O4. The van der Waals surface area contributed by atoms with E-state index in [-0.39, 0.29) is 26.2 Å². The minimum absolute atomic E-state index is 0.0458. The summed E-state index contributed by atoms with van der Waals surface area (Å²) in [6.07, 6.45) is 0. The van der Waals surface area contributed by atoms with Crippen molar-refractivity contribution < 1.29 is 19.2 Å². The van der Waals surface area contributed by atoms with E-state index >= 15 is 0 Å². The second-order valence-corrected chi connectivity index (χ2v) is 6.19. The third kappa shape index (κ3) is 2.89. The first-order valence-electron chi connectivity index (χ1n) is 6.79. The minimum Gasteiger partial charge on any atom is -0.268 e. The number of carbonyl (C=O) groups excluding carboxylic acids is 4. The van der Waals surface area contributed by atoms with Crippen molar-refractivity contribution in [3.05, 3.63) is 63.1 Å². The predicted octanol–water partition coefficient (Wildman–Crippen LogP) is 3.78. The summed E-state index contributed by atoms with van der Waals surface area (Å²) in [6, 6.07) is 8.78. The maximum Gasteiger partial charge on any atom is 0.346 e. The van der Waals surface area contributed by atoms with Crippen LogP contribution in [0.2, 0.25) is 15.1 Å². The molecule has 0 atom stereocenters. The van der Waals surface area contributed by atoms with Crippen LogP contribution in [-0.2, 0) is 9.59 Å². The molecule has 0 bridgehead atoms. The average Bonchev–Trinajstić information content (AvgIpc) is 2.78. The van der Waals surface area contributed by atoms with E-state index in [4.69, 9.17) is 34.8 Å². The van der Waals surface area contributed by atoms with Crippen molar-refractivity contribution in [2.75, 3.05) is 4.90 Å². The van der Waals surface area contributed by atoms with Crippen LogP contribution >= 0.6 is 34.8 Å². The molecule has 0 unspecified atom stereocenters. The van der Waals surface area contributed by atoms with Gasteiger partial charge in [-0.3, -0.25) is 14.4 Å². The lowest BCUT2D eigenvalue weighted by atomic mass is 10.2. The number of benzene rings is 2. The molecule has 0 N–H and O–H groups in total. The van der Waals surface area contributed by atoms with Crippen LogP contribution in [0.4, 0.5) is 10.5 Å². The second kappa shape index (κ2) is 6.48. The molecule has 0 radical (unpaired) electrons. The summed E-state index contributed by atoms with van der Waals surface area (Å²) in [4.78, 5) is 50.3. The van der Waals surface area contributed by atoms with Crippen molar-refractivity contribution in [3.8, 4) is 0 Å². The standard InChI is InChI=1S/C16H7Cl3N2O4/c17-8-4-6-9(7-5-8)20-14(23)15(24)21(16(20)25)13(22)12-10(18)2-1-3-11(12)19/h1-7H. The molecule has 2 aromatic carbocycles. The summed E-state index contributed by atoms with van der Waals surface area (Å²) in [6.45, 7) is 0. The number of hydrogen-bond donors (Lipinski definition) is 0. The van der Waals surface area contributed by atoms with Gasteiger partial charge in [0.05, 0.1) is 21.3 Å². The lowest BCUT2D eigenvalue weighted by Gasteiger charge is -2.15. The molecule has 0 aliphatic carbocycles. The van der Waals surface area contributed by atoms with Gasteiger partial charge in [0.25, 0.3) is 5.91 Å². The zero-order valence-corrected chi connectivity index (χ0v) is 14.5. The van der Waals surface area contributed by atoms with E-state index in [1.165, 1.54) is 42.5 Å². The molecule has 1 aliphatic rings. The number of imide groups is 4. The molecule has 6 nitrogen and oxygen atoms in total. The number of carbonyl (C=O) groups is 4. The Morgan fingerprint density at radius 2 is 1.36 bits per heavy atom. The molecule has 2 aromatic rings. The molecule has 0 aromatic heterocycles. The lowest BCUT2D eigenvalue weighted by Crippen LogP contribution is -2.38. The first-order valence-corrected chi connectivity index (χ1v) is 7.92. The first-order chi connectivity index (χ1) is 11.8. The van der Waals surface area contributed by atoms with Gasteiger partial charge in [0, 0.05) is 5.02 Å². The SMILES string of the molecule is O=C1C(=O)N(c2ccc(Cl)cc2)C(=O)N1C(=O)c1c(Cl)cccc1Cl. The van der Waals surface area contributed by atoms with E-state index in [0.717, 1.165) is 0 Å². The molecule has 1 fully saturated rings. The van der Waals surface area contributed by atoms with Crippen LogP contribution in [0.15, 0.2) is 42.5 Å². The fourth-order valence-corrected chi connectivity index (χ4v) is 2.96. The van der Waals surface area contributed by atoms with Crippen LogP contribution in [-0.4, -0.2) is 28.7 Å². The smallest absolute Gasteiger partial charge is 0.268 e. The van der Waals surface area contributed by atoms with Crippen LogP contribution < -0.4 is 4.90 Å². The Morgan fingerprint density at radius 3 is 1.92 bits per heavy atom. The maximum absolute atomic E-state index is 12.6. The van der Waals surface area contributed by atoms with Gasteiger partial charge in [-0.2, -0.15) is 4.90 Å². The Bertz CT molecular complexity index is 907. The van der Waals surface area contributed by atoms with Crippen molar-refractivity contribution in [2.24, 2.45) is 0 Å². The van der Waals surface area contributed by atoms with Gasteiger partial charge in [0.2, 0.25) is 0 Å². The average molecular weight is 398 g/mol. The third-order valence-electron chi connectivity index (χ3n) is 3.44.